The molecule has 0 spiro atoms. The number of hydrogen-bond acceptors (Lipinski definition) is 6. The lowest BCUT2D eigenvalue weighted by atomic mass is 10.1. The Morgan fingerprint density at radius 3 is 2.56 bits per heavy atom. The number of nitrogens with one attached hydrogen (secondary N) is 1. The quantitative estimate of drug-likeness (QED) is 0.566. The Kier molecular flexibility index (Phi) is 6.83. The molecule has 2 aliphatic rings. The van der Waals surface area contributed by atoms with Crippen LogP contribution in [0.2, 0.25) is 0 Å². The van der Waals surface area contributed by atoms with Crippen LogP contribution in [0.25, 0.3) is 0 Å². The molecular formula is C18H30N4O3S2. The molecule has 1 amide bonds. The first-order valence-corrected chi connectivity index (χ1v) is 12.6. The summed E-state index contributed by atoms with van der Waals surface area (Å²) in [6, 6.07) is 0.294. The van der Waals surface area contributed by atoms with E-state index in [4.69, 9.17) is 0 Å². The molecule has 1 aromatic rings. The Hall–Kier alpha value is -1.09. The van der Waals surface area contributed by atoms with E-state index in [1.807, 2.05) is 18.5 Å². The van der Waals surface area contributed by atoms with E-state index in [0.717, 1.165) is 18.7 Å². The third-order valence-electron chi connectivity index (χ3n) is 5.58. The van der Waals surface area contributed by atoms with Gasteiger partial charge < -0.3 is 9.88 Å². The van der Waals surface area contributed by atoms with Gasteiger partial charge in [0, 0.05) is 19.5 Å². The van der Waals surface area contributed by atoms with Crippen molar-refractivity contribution in [2.45, 2.75) is 74.7 Å². The van der Waals surface area contributed by atoms with Gasteiger partial charge >= 0.3 is 0 Å². The zero-order valence-corrected chi connectivity index (χ0v) is 17.8. The minimum atomic E-state index is -2.88. The number of hydrogen-bond donors (Lipinski definition) is 1. The average molecular weight is 415 g/mol. The smallest absolute Gasteiger partial charge is 0.233 e. The van der Waals surface area contributed by atoms with Crippen LogP contribution in [0.3, 0.4) is 0 Å². The summed E-state index contributed by atoms with van der Waals surface area (Å²) in [5.41, 5.74) is 0. The lowest BCUT2D eigenvalue weighted by molar-refractivity contribution is -0.121. The fraction of sp³-hybridized carbons (Fsp3) is 0.833. The molecule has 0 unspecified atom stereocenters. The van der Waals surface area contributed by atoms with Gasteiger partial charge in [0.15, 0.2) is 15.0 Å². The molecule has 0 aromatic carbocycles. The molecule has 0 radical (unpaired) electrons. The monoisotopic (exact) mass is 414 g/mol. The number of sulfone groups is 1. The van der Waals surface area contributed by atoms with Gasteiger partial charge in [-0.3, -0.25) is 4.79 Å². The van der Waals surface area contributed by atoms with Crippen LogP contribution in [-0.2, 0) is 28.1 Å². The second-order valence-electron chi connectivity index (χ2n) is 7.89. The molecule has 1 aliphatic carbocycles. The van der Waals surface area contributed by atoms with Crippen molar-refractivity contribution in [3.63, 3.8) is 0 Å². The van der Waals surface area contributed by atoms with Crippen molar-refractivity contribution in [2.75, 3.05) is 11.5 Å². The number of aromatic nitrogens is 3. The minimum absolute atomic E-state index is 0.0540. The van der Waals surface area contributed by atoms with Crippen LogP contribution in [0, 0.1) is 5.92 Å². The normalized spacial score (nSPS) is 24.4. The summed E-state index contributed by atoms with van der Waals surface area (Å²) >= 11 is 1.41. The molecule has 1 aliphatic heterocycles. The second kappa shape index (κ2) is 8.94. The highest BCUT2D eigenvalue weighted by Gasteiger charge is 2.29. The number of amides is 1. The van der Waals surface area contributed by atoms with Gasteiger partial charge in [0.05, 0.1) is 16.8 Å². The van der Waals surface area contributed by atoms with E-state index >= 15 is 0 Å². The Balaban J connectivity index is 1.54. The van der Waals surface area contributed by atoms with Gasteiger partial charge in [0.1, 0.15) is 5.82 Å². The fourth-order valence-corrected chi connectivity index (χ4v) is 6.58. The molecule has 9 heteroatoms. The summed E-state index contributed by atoms with van der Waals surface area (Å²) in [4.78, 5) is 12.5. The average Bonchev–Trinajstić information content (AvgIpc) is 3.00. The van der Waals surface area contributed by atoms with Crippen LogP contribution in [0.15, 0.2) is 5.16 Å². The van der Waals surface area contributed by atoms with E-state index in [1.54, 1.807) is 0 Å². The first kappa shape index (κ1) is 20.6. The third kappa shape index (κ3) is 5.70. The van der Waals surface area contributed by atoms with Crippen LogP contribution in [0.1, 0.15) is 57.7 Å². The first-order chi connectivity index (χ1) is 12.8. The number of carbonyl (C=O) groups is 1. The fourth-order valence-electron chi connectivity index (χ4n) is 3.87. The Morgan fingerprint density at radius 1 is 1.22 bits per heavy atom. The zero-order chi connectivity index (χ0) is 19.4. The summed E-state index contributed by atoms with van der Waals surface area (Å²) in [6.45, 7) is 1.90. The summed E-state index contributed by atoms with van der Waals surface area (Å²) < 4.78 is 25.2. The zero-order valence-electron chi connectivity index (χ0n) is 16.2. The molecule has 2 heterocycles. The highest BCUT2D eigenvalue weighted by atomic mass is 32.2. The van der Waals surface area contributed by atoms with Crippen LogP contribution >= 0.6 is 11.8 Å². The molecule has 7 nitrogen and oxygen atoms in total. The SMILES string of the molecule is C[C@@H](Sc1nnc(C[C@@H]2CCS(=O)(=O)C2)n1C)C(=O)NC1CCCCCC1. The van der Waals surface area contributed by atoms with Crippen molar-refractivity contribution in [2.24, 2.45) is 13.0 Å². The van der Waals surface area contributed by atoms with Crippen LogP contribution in [0.5, 0.6) is 0 Å². The van der Waals surface area contributed by atoms with Crippen LogP contribution < -0.4 is 5.32 Å². The molecule has 152 valence electrons. The maximum absolute atomic E-state index is 12.5. The highest BCUT2D eigenvalue weighted by molar-refractivity contribution is 8.00. The second-order valence-corrected chi connectivity index (χ2v) is 11.4. The summed E-state index contributed by atoms with van der Waals surface area (Å²) in [6.07, 6.45) is 8.36. The van der Waals surface area contributed by atoms with Crippen molar-refractivity contribution in [3.05, 3.63) is 5.82 Å². The largest absolute Gasteiger partial charge is 0.352 e. The summed E-state index contributed by atoms with van der Waals surface area (Å²) in [5.74, 6) is 1.47. The van der Waals surface area contributed by atoms with Gasteiger partial charge in [0.2, 0.25) is 5.91 Å². The predicted molar refractivity (Wildman–Crippen MR) is 106 cm³/mol. The van der Waals surface area contributed by atoms with Gasteiger partial charge in [-0.1, -0.05) is 37.4 Å². The molecule has 27 heavy (non-hydrogen) atoms. The Morgan fingerprint density at radius 2 is 1.93 bits per heavy atom. The van der Waals surface area contributed by atoms with Gasteiger partial charge in [-0.15, -0.1) is 10.2 Å². The Labute approximate surface area is 166 Å². The molecule has 2 fully saturated rings. The molecule has 3 rings (SSSR count). The topological polar surface area (TPSA) is 93.9 Å². The van der Waals surface area contributed by atoms with Gasteiger partial charge in [-0.25, -0.2) is 8.42 Å². The lowest BCUT2D eigenvalue weighted by Gasteiger charge is -2.19. The molecule has 1 N–H and O–H groups in total. The van der Waals surface area contributed by atoms with Crippen LogP contribution in [0.4, 0.5) is 0 Å². The highest BCUT2D eigenvalue weighted by Crippen LogP contribution is 2.26. The maximum atomic E-state index is 12.5. The standard InChI is InChI=1S/C18H30N4O3S2/c1-13(17(23)19-15-7-5-3-4-6-8-15)26-18-21-20-16(22(18)2)11-14-9-10-27(24,25)12-14/h13-15H,3-12H2,1-2H3,(H,19,23)/t13-,14+/m1/s1. The molecule has 1 saturated heterocycles. The van der Waals surface area contributed by atoms with E-state index in [9.17, 15) is 13.2 Å². The number of rotatable bonds is 6. The minimum Gasteiger partial charge on any atom is -0.352 e. The molecule has 1 saturated carbocycles. The van der Waals surface area contributed by atoms with Gasteiger partial charge in [-0.2, -0.15) is 0 Å². The number of thioether (sulfide) groups is 1. The van der Waals surface area contributed by atoms with Crippen LogP contribution in [-0.4, -0.2) is 51.9 Å². The first-order valence-electron chi connectivity index (χ1n) is 9.90. The third-order valence-corrected chi connectivity index (χ3v) is 8.55. The van der Waals surface area contributed by atoms with Gasteiger partial charge in [-0.05, 0) is 32.1 Å². The van der Waals surface area contributed by atoms with E-state index < -0.39 is 9.84 Å². The Bertz CT molecular complexity index is 755. The van der Waals surface area contributed by atoms with Crippen molar-refractivity contribution in [1.82, 2.24) is 20.1 Å². The molecule has 0 bridgehead atoms. The van der Waals surface area contributed by atoms with E-state index in [1.165, 1.54) is 37.4 Å². The summed E-state index contributed by atoms with van der Waals surface area (Å²) in [5, 5.41) is 12.1. The van der Waals surface area contributed by atoms with Crippen molar-refractivity contribution in [3.8, 4) is 0 Å². The maximum Gasteiger partial charge on any atom is 0.233 e. The molecule has 2 atom stereocenters. The van der Waals surface area contributed by atoms with Crippen molar-refractivity contribution in [1.29, 1.82) is 0 Å². The van der Waals surface area contributed by atoms with E-state index in [0.29, 0.717) is 24.0 Å². The van der Waals surface area contributed by atoms with Gasteiger partial charge in [0.25, 0.3) is 0 Å². The number of nitrogens with zero attached hydrogens (tertiary/aromatic N) is 3. The van der Waals surface area contributed by atoms with Crippen molar-refractivity contribution >= 4 is 27.5 Å². The summed E-state index contributed by atoms with van der Waals surface area (Å²) in [7, 11) is -0.998. The molecule has 1 aromatic heterocycles. The van der Waals surface area contributed by atoms with Crippen molar-refractivity contribution < 1.29 is 13.2 Å². The molecular weight excluding hydrogens is 384 g/mol. The van der Waals surface area contributed by atoms with E-state index in [2.05, 4.69) is 15.5 Å². The predicted octanol–water partition coefficient (Wildman–Crippen LogP) is 2.11. The number of carbonyl (C=O) groups excluding carboxylic acids is 1. The van der Waals surface area contributed by atoms with E-state index in [-0.39, 0.29) is 28.6 Å². The lowest BCUT2D eigenvalue weighted by Crippen LogP contribution is -2.39.